The number of hydrogen-bond donors (Lipinski definition) is 0. The van der Waals surface area contributed by atoms with E-state index in [9.17, 15) is 18.0 Å². The normalized spacial score (nSPS) is 20.7. The number of carbonyl (C=O) groups excluding carboxylic acids is 1. The average Bonchev–Trinajstić information content (AvgIpc) is 2.38. The number of carbonyl (C=O) groups is 1. The van der Waals surface area contributed by atoms with Gasteiger partial charge in [-0.25, -0.2) is 0 Å². The molecule has 0 spiro atoms. The highest BCUT2D eigenvalue weighted by atomic mass is 32.2. The molecule has 2 rings (SSSR count). The van der Waals surface area contributed by atoms with Crippen LogP contribution in [-0.4, -0.2) is 28.3 Å². The van der Waals surface area contributed by atoms with Crippen LogP contribution in [-0.2, 0) is 6.18 Å². The summed E-state index contributed by atoms with van der Waals surface area (Å²) in [7, 11) is 0. The van der Waals surface area contributed by atoms with Gasteiger partial charge in [-0.1, -0.05) is 12.1 Å². The second kappa shape index (κ2) is 5.57. The quantitative estimate of drug-likeness (QED) is 0.773. The fourth-order valence-electron chi connectivity index (χ4n) is 1.67. The lowest BCUT2D eigenvalue weighted by atomic mass is 10.1. The molecule has 1 aromatic rings. The molecule has 0 amide bonds. The molecule has 1 heterocycles. The summed E-state index contributed by atoms with van der Waals surface area (Å²) in [6, 6.07) is 4.68. The number of alkyl halides is 3. The van der Waals surface area contributed by atoms with E-state index in [-0.39, 0.29) is 16.6 Å². The summed E-state index contributed by atoms with van der Waals surface area (Å²) >= 11 is 3.20. The Balaban J connectivity index is 2.20. The highest BCUT2D eigenvalue weighted by Gasteiger charge is 2.32. The van der Waals surface area contributed by atoms with Gasteiger partial charge in [-0.05, 0) is 12.1 Å². The summed E-state index contributed by atoms with van der Waals surface area (Å²) in [6.07, 6.45) is -4.40. The van der Waals surface area contributed by atoms with Crippen LogP contribution in [0.1, 0.15) is 15.9 Å². The van der Waals surface area contributed by atoms with Crippen molar-refractivity contribution in [2.45, 2.75) is 11.4 Å². The molecule has 1 saturated heterocycles. The molecule has 1 unspecified atom stereocenters. The summed E-state index contributed by atoms with van der Waals surface area (Å²) in [5.41, 5.74) is -0.605. The van der Waals surface area contributed by atoms with E-state index < -0.39 is 11.7 Å². The third kappa shape index (κ3) is 3.23. The fraction of sp³-hybridized carbons (Fsp3) is 0.417. The Labute approximate surface area is 112 Å². The lowest BCUT2D eigenvalue weighted by molar-refractivity contribution is -0.137. The van der Waals surface area contributed by atoms with Crippen LogP contribution in [0, 0.1) is 0 Å². The largest absolute Gasteiger partial charge is 0.416 e. The van der Waals surface area contributed by atoms with Crippen molar-refractivity contribution in [1.82, 2.24) is 0 Å². The van der Waals surface area contributed by atoms with Gasteiger partial charge in [0.25, 0.3) is 0 Å². The highest BCUT2D eigenvalue weighted by molar-refractivity contribution is 8.07. The van der Waals surface area contributed by atoms with E-state index in [2.05, 4.69) is 0 Å². The summed E-state index contributed by atoms with van der Waals surface area (Å²) < 4.78 is 37.7. The molecule has 0 radical (unpaired) electrons. The van der Waals surface area contributed by atoms with Crippen LogP contribution >= 0.6 is 23.5 Å². The van der Waals surface area contributed by atoms with Gasteiger partial charge in [0, 0.05) is 22.8 Å². The molecule has 0 bridgehead atoms. The highest BCUT2D eigenvalue weighted by Crippen LogP contribution is 2.31. The Morgan fingerprint density at radius 2 is 2.06 bits per heavy atom. The second-order valence-corrected chi connectivity index (χ2v) is 6.34. The van der Waals surface area contributed by atoms with Gasteiger partial charge < -0.3 is 0 Å². The van der Waals surface area contributed by atoms with Crippen molar-refractivity contribution in [2.24, 2.45) is 0 Å². The van der Waals surface area contributed by atoms with E-state index in [0.717, 1.165) is 23.6 Å². The molecule has 0 aliphatic carbocycles. The molecule has 6 heteroatoms. The molecule has 98 valence electrons. The Kier molecular flexibility index (Phi) is 4.27. The maximum Gasteiger partial charge on any atom is 0.416 e. The summed E-state index contributed by atoms with van der Waals surface area (Å²) in [4.78, 5) is 12.1. The topological polar surface area (TPSA) is 17.1 Å². The Morgan fingerprint density at radius 1 is 1.28 bits per heavy atom. The zero-order chi connectivity index (χ0) is 13.2. The number of benzene rings is 1. The summed E-state index contributed by atoms with van der Waals surface area (Å²) in [5, 5.41) is -0.216. The Bertz CT molecular complexity index is 439. The maximum atomic E-state index is 12.6. The molecular weight excluding hydrogens is 281 g/mol. The van der Waals surface area contributed by atoms with Crippen molar-refractivity contribution in [3.05, 3.63) is 35.4 Å². The average molecular weight is 292 g/mol. The van der Waals surface area contributed by atoms with Crippen molar-refractivity contribution in [2.75, 3.05) is 17.3 Å². The van der Waals surface area contributed by atoms with E-state index in [1.54, 1.807) is 11.8 Å². The second-order valence-electron chi connectivity index (χ2n) is 3.88. The van der Waals surface area contributed by atoms with Gasteiger partial charge in [0.1, 0.15) is 0 Å². The van der Waals surface area contributed by atoms with Crippen LogP contribution in [0.5, 0.6) is 0 Å². The van der Waals surface area contributed by atoms with Gasteiger partial charge >= 0.3 is 6.18 Å². The van der Waals surface area contributed by atoms with Crippen LogP contribution in [0.15, 0.2) is 24.3 Å². The third-order valence-electron chi connectivity index (χ3n) is 2.58. The molecule has 1 aromatic carbocycles. The van der Waals surface area contributed by atoms with E-state index in [1.165, 1.54) is 23.9 Å². The molecule has 1 atom stereocenters. The molecule has 1 aliphatic rings. The number of ketones is 1. The van der Waals surface area contributed by atoms with Crippen molar-refractivity contribution in [3.8, 4) is 0 Å². The number of thioether (sulfide) groups is 2. The summed E-state index contributed by atoms with van der Waals surface area (Å²) in [5.74, 6) is 2.36. The smallest absolute Gasteiger partial charge is 0.293 e. The number of rotatable bonds is 2. The lowest BCUT2D eigenvalue weighted by Gasteiger charge is -2.20. The van der Waals surface area contributed by atoms with Gasteiger partial charge in [-0.15, -0.1) is 11.8 Å². The van der Waals surface area contributed by atoms with Gasteiger partial charge in [0.15, 0.2) is 5.78 Å². The number of Topliss-reactive ketones (excluding diaryl/α,β-unsaturated/α-hetero) is 1. The Morgan fingerprint density at radius 3 is 2.67 bits per heavy atom. The maximum absolute atomic E-state index is 12.6. The van der Waals surface area contributed by atoms with Crippen molar-refractivity contribution in [1.29, 1.82) is 0 Å². The van der Waals surface area contributed by atoms with Gasteiger partial charge in [0.05, 0.1) is 10.8 Å². The van der Waals surface area contributed by atoms with Gasteiger partial charge in [-0.2, -0.15) is 24.9 Å². The Hall–Kier alpha value is -0.620. The zero-order valence-electron chi connectivity index (χ0n) is 9.37. The molecule has 0 saturated carbocycles. The van der Waals surface area contributed by atoms with Crippen molar-refractivity contribution >= 4 is 29.3 Å². The molecule has 0 N–H and O–H groups in total. The first-order chi connectivity index (χ1) is 8.48. The first kappa shape index (κ1) is 13.8. The van der Waals surface area contributed by atoms with Crippen LogP contribution < -0.4 is 0 Å². The van der Waals surface area contributed by atoms with Gasteiger partial charge in [-0.3, -0.25) is 4.79 Å². The first-order valence-electron chi connectivity index (χ1n) is 5.39. The van der Waals surface area contributed by atoms with E-state index >= 15 is 0 Å². The van der Waals surface area contributed by atoms with E-state index in [4.69, 9.17) is 0 Å². The number of halogens is 3. The van der Waals surface area contributed by atoms with Crippen molar-refractivity contribution < 1.29 is 18.0 Å². The molecule has 1 nitrogen and oxygen atoms in total. The zero-order valence-corrected chi connectivity index (χ0v) is 11.0. The predicted octanol–water partition coefficient (Wildman–Crippen LogP) is 3.74. The van der Waals surface area contributed by atoms with Gasteiger partial charge in [0.2, 0.25) is 0 Å². The fourth-order valence-corrected chi connectivity index (χ4v) is 4.31. The molecule has 0 aromatic heterocycles. The van der Waals surface area contributed by atoms with Crippen LogP contribution in [0.25, 0.3) is 0 Å². The van der Waals surface area contributed by atoms with Crippen LogP contribution in [0.2, 0.25) is 0 Å². The van der Waals surface area contributed by atoms with Crippen LogP contribution in [0.3, 0.4) is 0 Å². The molecule has 1 aliphatic heterocycles. The predicted molar refractivity (Wildman–Crippen MR) is 69.3 cm³/mol. The SMILES string of the molecule is O=C(c1cccc(C(F)(F)F)c1)C1CSCCS1. The van der Waals surface area contributed by atoms with Crippen molar-refractivity contribution in [3.63, 3.8) is 0 Å². The standard InChI is InChI=1S/C12H11F3OS2/c13-12(14,15)9-3-1-2-8(6-9)11(16)10-7-17-4-5-18-10/h1-3,6,10H,4-5,7H2. The molecule has 18 heavy (non-hydrogen) atoms. The minimum atomic E-state index is -4.40. The molecule has 1 fully saturated rings. The van der Waals surface area contributed by atoms with E-state index in [1.807, 2.05) is 0 Å². The minimum Gasteiger partial charge on any atom is -0.293 e. The summed E-state index contributed by atoms with van der Waals surface area (Å²) in [6.45, 7) is 0. The van der Waals surface area contributed by atoms with Crippen LogP contribution in [0.4, 0.5) is 13.2 Å². The third-order valence-corrected chi connectivity index (χ3v) is 5.34. The minimum absolute atomic E-state index is 0.157. The number of hydrogen-bond acceptors (Lipinski definition) is 3. The lowest BCUT2D eigenvalue weighted by Crippen LogP contribution is -2.24. The molecular formula is C12H11F3OS2. The monoisotopic (exact) mass is 292 g/mol. The first-order valence-corrected chi connectivity index (χ1v) is 7.59. The van der Waals surface area contributed by atoms with E-state index in [0.29, 0.717) is 5.75 Å².